The number of Topliss-reactive ketones (excluding diaryl/α,β-unsaturated/α-hetero) is 1. The molecule has 1 atom stereocenters. The fourth-order valence-corrected chi connectivity index (χ4v) is 4.52. The summed E-state index contributed by atoms with van der Waals surface area (Å²) in [6, 6.07) is 6.77. The molecule has 2 aromatic rings. The molecule has 0 radical (unpaired) electrons. The number of alkyl halides is 3. The van der Waals surface area contributed by atoms with Gasteiger partial charge in [0, 0.05) is 22.9 Å². The van der Waals surface area contributed by atoms with Gasteiger partial charge >= 0.3 is 6.18 Å². The van der Waals surface area contributed by atoms with Gasteiger partial charge in [0.2, 0.25) is 5.78 Å². The number of hydrogen-bond donors (Lipinski definition) is 1. The predicted molar refractivity (Wildman–Crippen MR) is 102 cm³/mol. The average molecular weight is 437 g/mol. The van der Waals surface area contributed by atoms with Crippen LogP contribution in [0.1, 0.15) is 36.0 Å². The van der Waals surface area contributed by atoms with Crippen molar-refractivity contribution in [3.8, 4) is 0 Å². The lowest BCUT2D eigenvalue weighted by molar-refractivity contribution is -0.137. The van der Waals surface area contributed by atoms with E-state index in [0.29, 0.717) is 35.1 Å². The van der Waals surface area contributed by atoms with Gasteiger partial charge in [-0.2, -0.15) is 13.2 Å². The Morgan fingerprint density at radius 3 is 2.50 bits per heavy atom. The first-order chi connectivity index (χ1) is 14.1. The molecular formula is C21H15F4NO3S. The average Bonchev–Trinajstić information content (AvgIpc) is 3.36. The summed E-state index contributed by atoms with van der Waals surface area (Å²) in [5, 5.41) is 3.95. The van der Waals surface area contributed by atoms with E-state index >= 15 is 0 Å². The molecule has 0 saturated heterocycles. The van der Waals surface area contributed by atoms with Crippen molar-refractivity contribution in [1.29, 1.82) is 0 Å². The highest BCUT2D eigenvalue weighted by Gasteiger charge is 2.49. The minimum atomic E-state index is -4.63. The Morgan fingerprint density at radius 2 is 1.83 bits per heavy atom. The maximum absolute atomic E-state index is 14.2. The fraction of sp³-hybridized carbons (Fsp3) is 0.238. The molecule has 1 aliphatic carbocycles. The molecule has 2 aromatic carbocycles. The van der Waals surface area contributed by atoms with E-state index < -0.39 is 45.5 Å². The summed E-state index contributed by atoms with van der Waals surface area (Å²) < 4.78 is 64.9. The monoisotopic (exact) mass is 437 g/mol. The molecule has 1 aliphatic heterocycles. The molecule has 0 bridgehead atoms. The third-order valence-corrected chi connectivity index (χ3v) is 6.51. The van der Waals surface area contributed by atoms with Crippen LogP contribution in [0.4, 0.5) is 23.2 Å². The summed E-state index contributed by atoms with van der Waals surface area (Å²) in [5.41, 5.74) is -1.31. The Balaban J connectivity index is 1.49. The lowest BCUT2D eigenvalue weighted by atomic mass is 9.88. The molecule has 156 valence electrons. The van der Waals surface area contributed by atoms with Crippen molar-refractivity contribution in [1.82, 2.24) is 0 Å². The molecule has 1 saturated carbocycles. The Morgan fingerprint density at radius 1 is 1.10 bits per heavy atom. The van der Waals surface area contributed by atoms with Crippen LogP contribution in [0.15, 0.2) is 46.7 Å². The van der Waals surface area contributed by atoms with Crippen LogP contribution in [0.2, 0.25) is 0 Å². The minimum absolute atomic E-state index is 0.191. The summed E-state index contributed by atoms with van der Waals surface area (Å²) in [4.78, 5) is 25.3. The van der Waals surface area contributed by atoms with Crippen molar-refractivity contribution < 1.29 is 31.4 Å². The minimum Gasteiger partial charge on any atom is -0.319 e. The summed E-state index contributed by atoms with van der Waals surface area (Å²) in [7, 11) is -1.24. The van der Waals surface area contributed by atoms with Gasteiger partial charge in [0.1, 0.15) is 5.82 Å². The second-order valence-corrected chi connectivity index (χ2v) is 8.69. The van der Waals surface area contributed by atoms with Gasteiger partial charge in [0.25, 0.3) is 5.91 Å². The largest absolute Gasteiger partial charge is 0.416 e. The molecule has 0 spiro atoms. The van der Waals surface area contributed by atoms with E-state index in [2.05, 4.69) is 5.32 Å². The van der Waals surface area contributed by atoms with Gasteiger partial charge in [-0.1, -0.05) is 0 Å². The Hall–Kier alpha value is -2.81. The van der Waals surface area contributed by atoms with Crippen molar-refractivity contribution in [2.75, 3.05) is 5.32 Å². The van der Waals surface area contributed by atoms with E-state index in [-0.39, 0.29) is 12.0 Å². The van der Waals surface area contributed by atoms with Gasteiger partial charge in [0.15, 0.2) is 0 Å². The number of nitrogens with one attached hydrogen (secondary N) is 1. The number of benzene rings is 2. The van der Waals surface area contributed by atoms with Crippen molar-refractivity contribution in [3.05, 3.63) is 64.3 Å². The molecule has 4 rings (SSSR count). The highest BCUT2D eigenvalue weighted by Crippen LogP contribution is 2.52. The Bertz CT molecular complexity index is 1120. The van der Waals surface area contributed by atoms with Crippen LogP contribution in [-0.2, 0) is 32.0 Å². The van der Waals surface area contributed by atoms with Gasteiger partial charge in [0.05, 0.1) is 21.3 Å². The van der Waals surface area contributed by atoms with Crippen LogP contribution in [0, 0.1) is 5.82 Å². The molecule has 1 fully saturated rings. The summed E-state index contributed by atoms with van der Waals surface area (Å²) in [6.07, 6.45) is -2.74. The number of halogens is 4. The normalized spacial score (nSPS) is 18.7. The standard InChI is InChI=1S/C21H15F4NO3S/c22-16-3-1-13(21(23,24)25)10-15(16)20(6-7-20)11-17(27)19(28)26-14-2-4-18-12(9-14)5-8-30(18)29/h1-5,8-10H,6-7,11H2,(H,26,28). The van der Waals surface area contributed by atoms with Gasteiger partial charge < -0.3 is 5.32 Å². The third kappa shape index (κ3) is 3.81. The number of amides is 1. The fourth-order valence-electron chi connectivity index (χ4n) is 3.54. The zero-order valence-electron chi connectivity index (χ0n) is 15.4. The van der Waals surface area contributed by atoms with E-state index in [1.54, 1.807) is 18.2 Å². The second-order valence-electron chi connectivity index (χ2n) is 7.38. The van der Waals surface area contributed by atoms with Crippen LogP contribution < -0.4 is 5.32 Å². The van der Waals surface area contributed by atoms with Crippen LogP contribution in [0.3, 0.4) is 0 Å². The predicted octanol–water partition coefficient (Wildman–Crippen LogP) is 4.57. The molecule has 1 heterocycles. The van der Waals surface area contributed by atoms with E-state index in [0.717, 1.165) is 12.1 Å². The summed E-state index contributed by atoms with van der Waals surface area (Å²) in [6.45, 7) is 0. The van der Waals surface area contributed by atoms with Crippen molar-refractivity contribution in [3.63, 3.8) is 0 Å². The molecule has 1 amide bonds. The van der Waals surface area contributed by atoms with Crippen molar-refractivity contribution >= 4 is 34.3 Å². The van der Waals surface area contributed by atoms with E-state index in [1.807, 2.05) is 0 Å². The first-order valence-corrected chi connectivity index (χ1v) is 10.2. The Labute approximate surface area is 171 Å². The molecule has 0 aromatic heterocycles. The number of anilines is 1. The Kier molecular flexibility index (Phi) is 4.88. The zero-order valence-corrected chi connectivity index (χ0v) is 16.2. The maximum atomic E-state index is 14.2. The van der Waals surface area contributed by atoms with Crippen molar-refractivity contribution in [2.45, 2.75) is 35.7 Å². The smallest absolute Gasteiger partial charge is 0.319 e. The molecule has 1 N–H and O–H groups in total. The van der Waals surface area contributed by atoms with Crippen molar-refractivity contribution in [2.24, 2.45) is 0 Å². The van der Waals surface area contributed by atoms with Crippen LogP contribution >= 0.6 is 0 Å². The maximum Gasteiger partial charge on any atom is 0.416 e. The van der Waals surface area contributed by atoms with E-state index in [1.165, 1.54) is 11.5 Å². The molecule has 2 aliphatic rings. The molecule has 9 heteroatoms. The highest BCUT2D eigenvalue weighted by atomic mass is 32.2. The second kappa shape index (κ2) is 7.16. The number of carbonyl (C=O) groups excluding carboxylic acids is 2. The van der Waals surface area contributed by atoms with Gasteiger partial charge in [-0.25, -0.2) is 8.60 Å². The first-order valence-electron chi connectivity index (χ1n) is 9.03. The molecular weight excluding hydrogens is 422 g/mol. The van der Waals surface area contributed by atoms with Gasteiger partial charge in [-0.3, -0.25) is 9.59 Å². The van der Waals surface area contributed by atoms with Crippen LogP contribution in [-0.4, -0.2) is 15.9 Å². The van der Waals surface area contributed by atoms with E-state index in [4.69, 9.17) is 0 Å². The lowest BCUT2D eigenvalue weighted by Gasteiger charge is -2.18. The number of fused-ring (bicyclic) bond motifs is 1. The molecule has 4 nitrogen and oxygen atoms in total. The third-order valence-electron chi connectivity index (χ3n) is 5.33. The number of hydrogen-bond acceptors (Lipinski definition) is 3. The SMILES string of the molecule is O=C(CC1(c2cc(C(F)(F)F)ccc2F)CC1)C(=O)Nc1ccc2c(c1)C=CS2=O. The molecule has 30 heavy (non-hydrogen) atoms. The highest BCUT2D eigenvalue weighted by molar-refractivity contribution is 7.88. The summed E-state index contributed by atoms with van der Waals surface area (Å²) in [5.74, 6) is -2.60. The van der Waals surface area contributed by atoms with Gasteiger partial charge in [-0.15, -0.1) is 0 Å². The quantitative estimate of drug-likeness (QED) is 0.551. The van der Waals surface area contributed by atoms with Crippen LogP contribution in [0.25, 0.3) is 6.08 Å². The number of carbonyl (C=O) groups is 2. The zero-order chi connectivity index (χ0) is 21.7. The topological polar surface area (TPSA) is 63.2 Å². The summed E-state index contributed by atoms with van der Waals surface area (Å²) >= 11 is 0. The van der Waals surface area contributed by atoms with Crippen LogP contribution in [0.5, 0.6) is 0 Å². The number of ketones is 1. The molecule has 1 unspecified atom stereocenters. The van der Waals surface area contributed by atoms with E-state index in [9.17, 15) is 31.4 Å². The first kappa shape index (κ1) is 20.5. The number of rotatable bonds is 5. The van der Waals surface area contributed by atoms with Gasteiger partial charge in [-0.05, 0) is 66.4 Å². The lowest BCUT2D eigenvalue weighted by Crippen LogP contribution is -2.27.